The third-order valence-electron chi connectivity index (χ3n) is 3.56. The summed E-state index contributed by atoms with van der Waals surface area (Å²) in [5.41, 5.74) is 0. The number of hydrogen-bond acceptors (Lipinski definition) is 4. The molecule has 0 spiro atoms. The Balaban J connectivity index is 3.84. The fourth-order valence-corrected chi connectivity index (χ4v) is 2.14. The summed E-state index contributed by atoms with van der Waals surface area (Å²) in [6.07, 6.45) is 20.1. The number of ketones is 1. The van der Waals surface area contributed by atoms with Crippen molar-refractivity contribution >= 4 is 11.8 Å². The quantitative estimate of drug-likeness (QED) is 0.149. The van der Waals surface area contributed by atoms with Gasteiger partial charge in [0.25, 0.3) is 0 Å². The van der Waals surface area contributed by atoms with E-state index in [1.165, 1.54) is 18.9 Å². The highest BCUT2D eigenvalue weighted by molar-refractivity contribution is 5.99. The lowest BCUT2D eigenvalue weighted by Gasteiger charge is -2.00. The molecule has 0 rings (SSSR count). The number of unbranched alkanes of at least 4 members (excludes halogenated alkanes) is 4. The van der Waals surface area contributed by atoms with Gasteiger partial charge in [-0.25, -0.2) is 0 Å². The standard InChI is InChI=1S/C22H34O4/c1-3-5-6-7-10-15-20(23)17-13-14-18-21(24)16-11-8-9-12-19-22(25)26-4-2/h8,10-11,13-15,17-18,21,24H,3-7,9,12,16,19H2,1-2H3. The van der Waals surface area contributed by atoms with Gasteiger partial charge in [-0.15, -0.1) is 0 Å². The highest BCUT2D eigenvalue weighted by Gasteiger charge is 1.99. The summed E-state index contributed by atoms with van der Waals surface area (Å²) >= 11 is 0. The minimum Gasteiger partial charge on any atom is -0.466 e. The van der Waals surface area contributed by atoms with Gasteiger partial charge in [0.2, 0.25) is 0 Å². The summed E-state index contributed by atoms with van der Waals surface area (Å²) in [5, 5.41) is 9.81. The zero-order chi connectivity index (χ0) is 19.5. The number of ether oxygens (including phenoxy) is 1. The normalized spacial score (nSPS) is 13.3. The lowest BCUT2D eigenvalue weighted by molar-refractivity contribution is -0.143. The van der Waals surface area contributed by atoms with Gasteiger partial charge in [0, 0.05) is 6.42 Å². The van der Waals surface area contributed by atoms with E-state index in [0.29, 0.717) is 19.4 Å². The Morgan fingerprint density at radius 2 is 1.73 bits per heavy atom. The highest BCUT2D eigenvalue weighted by Crippen LogP contribution is 2.02. The Bertz CT molecular complexity index is 486. The molecule has 0 aromatic carbocycles. The van der Waals surface area contributed by atoms with Crippen LogP contribution in [0.25, 0.3) is 0 Å². The van der Waals surface area contributed by atoms with E-state index >= 15 is 0 Å². The Labute approximate surface area is 158 Å². The van der Waals surface area contributed by atoms with E-state index in [1.54, 1.807) is 31.2 Å². The molecule has 0 aliphatic rings. The molecule has 0 heterocycles. The molecule has 0 aliphatic heterocycles. The van der Waals surface area contributed by atoms with E-state index in [9.17, 15) is 14.7 Å². The SMILES string of the molecule is CCCCCC=CC(=O)C=CC=CC(O)CC=CCCCC(=O)OCC. The van der Waals surface area contributed by atoms with Crippen molar-refractivity contribution in [1.29, 1.82) is 0 Å². The summed E-state index contributed by atoms with van der Waals surface area (Å²) in [6, 6.07) is 0. The first-order valence-corrected chi connectivity index (χ1v) is 9.64. The van der Waals surface area contributed by atoms with Crippen LogP contribution in [0.3, 0.4) is 0 Å². The lowest BCUT2D eigenvalue weighted by Crippen LogP contribution is -2.02. The number of aliphatic hydroxyl groups excluding tert-OH is 1. The van der Waals surface area contributed by atoms with Crippen LogP contribution in [-0.4, -0.2) is 29.6 Å². The lowest BCUT2D eigenvalue weighted by atomic mass is 10.1. The first-order chi connectivity index (χ1) is 12.6. The Kier molecular flexibility index (Phi) is 16.5. The van der Waals surface area contributed by atoms with Crippen molar-refractivity contribution in [2.45, 2.75) is 71.3 Å². The number of allylic oxidation sites excluding steroid dienone is 6. The first kappa shape index (κ1) is 24.1. The summed E-state index contributed by atoms with van der Waals surface area (Å²) in [5.74, 6) is -0.205. The molecule has 0 aliphatic carbocycles. The molecule has 26 heavy (non-hydrogen) atoms. The van der Waals surface area contributed by atoms with Crippen LogP contribution in [0.1, 0.15) is 65.2 Å². The van der Waals surface area contributed by atoms with Crippen LogP contribution in [0.15, 0.2) is 48.6 Å². The number of carbonyl (C=O) groups excluding carboxylic acids is 2. The van der Waals surface area contributed by atoms with Gasteiger partial charge >= 0.3 is 5.97 Å². The van der Waals surface area contributed by atoms with Crippen LogP contribution >= 0.6 is 0 Å². The summed E-state index contributed by atoms with van der Waals surface area (Å²) < 4.78 is 4.85. The van der Waals surface area contributed by atoms with Gasteiger partial charge in [-0.1, -0.05) is 56.2 Å². The molecular formula is C22H34O4. The van der Waals surface area contributed by atoms with Gasteiger partial charge in [0.15, 0.2) is 5.78 Å². The second-order valence-corrected chi connectivity index (χ2v) is 6.02. The second kappa shape index (κ2) is 17.9. The first-order valence-electron chi connectivity index (χ1n) is 9.64. The minimum atomic E-state index is -0.583. The van der Waals surface area contributed by atoms with Gasteiger partial charge in [0.1, 0.15) is 0 Å². The molecule has 146 valence electrons. The van der Waals surface area contributed by atoms with Crippen LogP contribution in [-0.2, 0) is 14.3 Å². The summed E-state index contributed by atoms with van der Waals surface area (Å²) in [7, 11) is 0. The molecule has 0 amide bonds. The molecule has 0 bridgehead atoms. The van der Waals surface area contributed by atoms with E-state index in [0.717, 1.165) is 25.7 Å². The number of hydrogen-bond donors (Lipinski definition) is 1. The Hall–Kier alpha value is -1.94. The van der Waals surface area contributed by atoms with Crippen LogP contribution in [0.4, 0.5) is 0 Å². The van der Waals surface area contributed by atoms with Gasteiger partial charge in [-0.2, -0.15) is 0 Å². The van der Waals surface area contributed by atoms with Crippen LogP contribution in [0.5, 0.6) is 0 Å². The molecule has 0 aromatic rings. The van der Waals surface area contributed by atoms with Crippen molar-refractivity contribution in [2.24, 2.45) is 0 Å². The van der Waals surface area contributed by atoms with E-state index in [4.69, 9.17) is 4.74 Å². The monoisotopic (exact) mass is 362 g/mol. The molecule has 0 aromatic heterocycles. The fourth-order valence-electron chi connectivity index (χ4n) is 2.14. The summed E-state index contributed by atoms with van der Waals surface area (Å²) in [4.78, 5) is 22.7. The Morgan fingerprint density at radius 1 is 0.962 bits per heavy atom. The van der Waals surface area contributed by atoms with Crippen LogP contribution < -0.4 is 0 Å². The molecule has 0 saturated heterocycles. The predicted molar refractivity (Wildman–Crippen MR) is 107 cm³/mol. The highest BCUT2D eigenvalue weighted by atomic mass is 16.5. The largest absolute Gasteiger partial charge is 0.466 e. The minimum absolute atomic E-state index is 0.0397. The number of rotatable bonds is 15. The maximum absolute atomic E-state index is 11.6. The van der Waals surface area contributed by atoms with Crippen LogP contribution in [0.2, 0.25) is 0 Å². The maximum Gasteiger partial charge on any atom is 0.305 e. The average Bonchev–Trinajstić information content (AvgIpc) is 2.61. The molecule has 4 heteroatoms. The van der Waals surface area contributed by atoms with Gasteiger partial charge < -0.3 is 9.84 Å². The molecule has 1 unspecified atom stereocenters. The predicted octanol–water partition coefficient (Wildman–Crippen LogP) is 4.85. The number of carbonyl (C=O) groups is 2. The van der Waals surface area contributed by atoms with Crippen molar-refractivity contribution in [2.75, 3.05) is 6.61 Å². The average molecular weight is 363 g/mol. The molecule has 1 N–H and O–H groups in total. The maximum atomic E-state index is 11.6. The molecule has 0 radical (unpaired) electrons. The number of aliphatic hydroxyl groups is 1. The van der Waals surface area contributed by atoms with Gasteiger partial charge in [-0.3, -0.25) is 9.59 Å². The molecule has 0 saturated carbocycles. The van der Waals surface area contributed by atoms with Crippen molar-refractivity contribution in [3.8, 4) is 0 Å². The number of esters is 1. The Morgan fingerprint density at radius 3 is 2.46 bits per heavy atom. The third kappa shape index (κ3) is 16.9. The fraction of sp³-hybridized carbons (Fsp3) is 0.545. The van der Waals surface area contributed by atoms with E-state index in [-0.39, 0.29) is 11.8 Å². The van der Waals surface area contributed by atoms with Gasteiger partial charge in [-0.05, 0) is 51.2 Å². The molecule has 0 fully saturated rings. The molecule has 1 atom stereocenters. The zero-order valence-corrected chi connectivity index (χ0v) is 16.2. The second-order valence-electron chi connectivity index (χ2n) is 6.02. The third-order valence-corrected chi connectivity index (χ3v) is 3.56. The van der Waals surface area contributed by atoms with Crippen molar-refractivity contribution in [1.82, 2.24) is 0 Å². The van der Waals surface area contributed by atoms with Crippen LogP contribution in [0, 0.1) is 0 Å². The van der Waals surface area contributed by atoms with Crippen molar-refractivity contribution in [3.63, 3.8) is 0 Å². The van der Waals surface area contributed by atoms with E-state index in [1.807, 2.05) is 18.2 Å². The topological polar surface area (TPSA) is 63.6 Å². The van der Waals surface area contributed by atoms with E-state index in [2.05, 4.69) is 6.92 Å². The van der Waals surface area contributed by atoms with Crippen molar-refractivity contribution in [3.05, 3.63) is 48.6 Å². The molecule has 4 nitrogen and oxygen atoms in total. The van der Waals surface area contributed by atoms with Crippen molar-refractivity contribution < 1.29 is 19.4 Å². The summed E-state index contributed by atoms with van der Waals surface area (Å²) in [6.45, 7) is 4.37. The van der Waals surface area contributed by atoms with Gasteiger partial charge in [0.05, 0.1) is 12.7 Å². The smallest absolute Gasteiger partial charge is 0.305 e. The zero-order valence-electron chi connectivity index (χ0n) is 16.2. The van der Waals surface area contributed by atoms with E-state index < -0.39 is 6.10 Å². The molecular weight excluding hydrogens is 328 g/mol.